The van der Waals surface area contributed by atoms with Gasteiger partial charge in [0, 0.05) is 18.3 Å². The van der Waals surface area contributed by atoms with Crippen molar-refractivity contribution in [1.82, 2.24) is 9.88 Å². The van der Waals surface area contributed by atoms with E-state index in [4.69, 9.17) is 0 Å². The Balaban J connectivity index is 1.25. The highest BCUT2D eigenvalue weighted by Crippen LogP contribution is 2.63. The molecule has 5 nitrogen and oxygen atoms in total. The summed E-state index contributed by atoms with van der Waals surface area (Å²) < 4.78 is 13.9. The van der Waals surface area contributed by atoms with Gasteiger partial charge in [0.05, 0.1) is 6.20 Å². The number of likely N-dealkylation sites (tertiary alicyclic amines) is 1. The van der Waals surface area contributed by atoms with Crippen LogP contribution < -0.4 is 0 Å². The molecule has 1 N–H and O–H groups in total. The summed E-state index contributed by atoms with van der Waals surface area (Å²) >= 11 is 0. The van der Waals surface area contributed by atoms with Crippen molar-refractivity contribution in [2.75, 3.05) is 6.54 Å². The van der Waals surface area contributed by atoms with Crippen molar-refractivity contribution in [3.8, 4) is 0 Å². The fraction of sp³-hybridized carbons (Fsp3) is 0.483. The zero-order chi connectivity index (χ0) is 24.3. The molecule has 35 heavy (non-hydrogen) atoms. The molecule has 182 valence electrons. The first-order valence-corrected chi connectivity index (χ1v) is 12.8. The molecular formula is C29H31FN2O3. The molecule has 5 atom stereocenters. The van der Waals surface area contributed by atoms with Crippen molar-refractivity contribution >= 4 is 17.4 Å². The first-order chi connectivity index (χ1) is 16.9. The predicted molar refractivity (Wildman–Crippen MR) is 130 cm³/mol. The number of pyridine rings is 1. The Hall–Kier alpha value is -3.02. The van der Waals surface area contributed by atoms with E-state index in [2.05, 4.69) is 24.1 Å². The molecule has 4 aliphatic rings. The number of fused-ring (bicyclic) bond motifs is 5. The van der Waals surface area contributed by atoms with E-state index in [9.17, 15) is 19.1 Å². The SMILES string of the molecule is C[C@]12CC[C@@H]3c4ccc(C(=O)N5CCC[C@H]5C(=O)O)cc4CC[C@H]3[C@@H]1CC=C2c1cncc(F)c1. The number of benzene rings is 1. The predicted octanol–water partition coefficient (Wildman–Crippen LogP) is 5.46. The summed E-state index contributed by atoms with van der Waals surface area (Å²) in [5.41, 5.74) is 5.40. The third-order valence-electron chi connectivity index (χ3n) is 9.37. The van der Waals surface area contributed by atoms with Crippen molar-refractivity contribution in [2.24, 2.45) is 17.3 Å². The third-order valence-corrected chi connectivity index (χ3v) is 9.37. The highest BCUT2D eigenvalue weighted by molar-refractivity contribution is 5.97. The number of carbonyl (C=O) groups is 2. The zero-order valence-electron chi connectivity index (χ0n) is 20.0. The lowest BCUT2D eigenvalue weighted by molar-refractivity contribution is -0.141. The van der Waals surface area contributed by atoms with E-state index in [-0.39, 0.29) is 17.1 Å². The highest BCUT2D eigenvalue weighted by atomic mass is 19.1. The van der Waals surface area contributed by atoms with Gasteiger partial charge < -0.3 is 10.0 Å². The monoisotopic (exact) mass is 474 g/mol. The molecule has 1 saturated carbocycles. The van der Waals surface area contributed by atoms with Gasteiger partial charge in [-0.1, -0.05) is 19.1 Å². The average molecular weight is 475 g/mol. The van der Waals surface area contributed by atoms with Crippen LogP contribution in [0, 0.1) is 23.1 Å². The van der Waals surface area contributed by atoms with E-state index in [0.29, 0.717) is 36.3 Å². The lowest BCUT2D eigenvalue weighted by Crippen LogP contribution is -2.41. The van der Waals surface area contributed by atoms with Gasteiger partial charge in [-0.15, -0.1) is 0 Å². The van der Waals surface area contributed by atoms with Gasteiger partial charge in [0.15, 0.2) is 0 Å². The van der Waals surface area contributed by atoms with Crippen molar-refractivity contribution in [2.45, 2.75) is 63.8 Å². The molecule has 1 aromatic heterocycles. The van der Waals surface area contributed by atoms with Crippen LogP contribution in [0.4, 0.5) is 4.39 Å². The van der Waals surface area contributed by atoms with E-state index >= 15 is 0 Å². The van der Waals surface area contributed by atoms with Crippen LogP contribution in [-0.4, -0.2) is 39.5 Å². The number of rotatable bonds is 3. The van der Waals surface area contributed by atoms with E-state index in [0.717, 1.165) is 44.1 Å². The van der Waals surface area contributed by atoms with Gasteiger partial charge in [-0.05, 0) is 109 Å². The molecule has 2 aromatic rings. The summed E-state index contributed by atoms with van der Waals surface area (Å²) in [5.74, 6) is 0.190. The smallest absolute Gasteiger partial charge is 0.326 e. The third kappa shape index (κ3) is 3.52. The standard InChI is InChI=1S/C29H31FN2O3/c1-29-11-10-22-21-6-5-18(27(33)32-12-2-3-26(32)28(34)35)13-17(21)4-7-23(22)25(29)9-8-24(29)19-14-20(30)16-31-15-19/h5-6,8,13-16,22-23,25-26H,2-4,7,9-12H2,1H3,(H,34,35)/t22-,23-,25+,26+,29-/m1/s1. The molecule has 1 amide bonds. The van der Waals surface area contributed by atoms with Crippen molar-refractivity contribution < 1.29 is 19.1 Å². The summed E-state index contributed by atoms with van der Waals surface area (Å²) in [6, 6.07) is 6.97. The maximum atomic E-state index is 13.9. The summed E-state index contributed by atoms with van der Waals surface area (Å²) in [6.45, 7) is 2.86. The van der Waals surface area contributed by atoms with E-state index < -0.39 is 12.0 Å². The number of hydrogen-bond acceptors (Lipinski definition) is 3. The Bertz CT molecular complexity index is 1240. The van der Waals surface area contributed by atoms with E-state index in [1.807, 2.05) is 12.1 Å². The highest BCUT2D eigenvalue weighted by Gasteiger charge is 2.52. The Morgan fingerprint density at radius 2 is 2.03 bits per heavy atom. The van der Waals surface area contributed by atoms with Crippen molar-refractivity contribution in [3.05, 3.63) is 70.8 Å². The second-order valence-corrected chi connectivity index (χ2v) is 11.0. The molecule has 0 bridgehead atoms. The molecule has 0 unspecified atom stereocenters. The molecule has 1 aromatic carbocycles. The number of carbonyl (C=O) groups excluding carboxylic acids is 1. The van der Waals surface area contributed by atoms with Gasteiger partial charge in [-0.3, -0.25) is 9.78 Å². The molecule has 1 saturated heterocycles. The number of carboxylic acid groups (broad SMARTS) is 1. The summed E-state index contributed by atoms with van der Waals surface area (Å²) in [4.78, 5) is 30.3. The van der Waals surface area contributed by atoms with E-state index in [1.54, 1.807) is 12.3 Å². The molecule has 0 radical (unpaired) electrons. The van der Waals surface area contributed by atoms with Gasteiger partial charge >= 0.3 is 5.97 Å². The van der Waals surface area contributed by atoms with Crippen molar-refractivity contribution in [1.29, 1.82) is 0 Å². The topological polar surface area (TPSA) is 70.5 Å². The normalized spacial score (nSPS) is 31.4. The lowest BCUT2D eigenvalue weighted by atomic mass is 9.54. The quantitative estimate of drug-likeness (QED) is 0.641. The number of aliphatic carboxylic acids is 1. The fourth-order valence-corrected chi connectivity index (χ4v) is 7.72. The van der Waals surface area contributed by atoms with E-state index in [1.165, 1.54) is 27.8 Å². The maximum absolute atomic E-state index is 13.9. The van der Waals surface area contributed by atoms with Gasteiger partial charge in [-0.25, -0.2) is 9.18 Å². The van der Waals surface area contributed by atoms with Gasteiger partial charge in [0.25, 0.3) is 5.91 Å². The molecule has 2 fully saturated rings. The Morgan fingerprint density at radius 3 is 2.83 bits per heavy atom. The van der Waals surface area contributed by atoms with Gasteiger partial charge in [0.2, 0.25) is 0 Å². The number of nitrogens with zero attached hydrogens (tertiary/aromatic N) is 2. The van der Waals surface area contributed by atoms with Crippen LogP contribution in [0.2, 0.25) is 0 Å². The Labute approximate surface area is 205 Å². The number of halogens is 1. The maximum Gasteiger partial charge on any atom is 0.326 e. The van der Waals surface area contributed by atoms with Crippen LogP contribution in [0.5, 0.6) is 0 Å². The molecule has 3 aliphatic carbocycles. The minimum absolute atomic E-state index is 0.0334. The zero-order valence-corrected chi connectivity index (χ0v) is 20.0. The fourth-order valence-electron chi connectivity index (χ4n) is 7.72. The molecule has 2 heterocycles. The first-order valence-electron chi connectivity index (χ1n) is 12.8. The van der Waals surface area contributed by atoms with Crippen LogP contribution >= 0.6 is 0 Å². The first kappa shape index (κ1) is 22.4. The number of allylic oxidation sites excluding steroid dienone is 2. The Morgan fingerprint density at radius 1 is 1.17 bits per heavy atom. The van der Waals surface area contributed by atoms with Crippen LogP contribution in [0.3, 0.4) is 0 Å². The molecule has 6 rings (SSSR count). The summed E-state index contributed by atoms with van der Waals surface area (Å²) in [5, 5.41) is 9.48. The molecule has 0 spiro atoms. The molecule has 1 aliphatic heterocycles. The Kier molecular flexibility index (Phi) is 5.31. The number of amides is 1. The van der Waals surface area contributed by atoms with Crippen LogP contribution in [-0.2, 0) is 11.2 Å². The van der Waals surface area contributed by atoms with Crippen LogP contribution in [0.15, 0.2) is 42.7 Å². The molecular weight excluding hydrogens is 443 g/mol. The number of carboxylic acids is 1. The minimum atomic E-state index is -0.916. The largest absolute Gasteiger partial charge is 0.480 e. The van der Waals surface area contributed by atoms with Gasteiger partial charge in [-0.2, -0.15) is 0 Å². The van der Waals surface area contributed by atoms with Gasteiger partial charge in [0.1, 0.15) is 11.9 Å². The second-order valence-electron chi connectivity index (χ2n) is 11.0. The number of aryl methyl sites for hydroxylation is 1. The number of aromatic nitrogens is 1. The van der Waals surface area contributed by atoms with Crippen LogP contribution in [0.1, 0.15) is 78.4 Å². The summed E-state index contributed by atoms with van der Waals surface area (Å²) in [7, 11) is 0. The minimum Gasteiger partial charge on any atom is -0.480 e. The van der Waals surface area contributed by atoms with Crippen molar-refractivity contribution in [3.63, 3.8) is 0 Å². The van der Waals surface area contributed by atoms with Crippen LogP contribution in [0.25, 0.3) is 5.57 Å². The lowest BCUT2D eigenvalue weighted by Gasteiger charge is -2.50. The molecule has 6 heteroatoms. The number of hydrogen-bond donors (Lipinski definition) is 1. The summed E-state index contributed by atoms with van der Waals surface area (Å²) in [6.07, 6.45) is 11.8. The second kappa shape index (κ2) is 8.28. The average Bonchev–Trinajstić information content (AvgIpc) is 3.48.